The minimum Gasteiger partial charge on any atom is -0.337 e. The molecule has 0 unspecified atom stereocenters. The zero-order valence-electron chi connectivity index (χ0n) is 9.68. The van der Waals surface area contributed by atoms with Crippen molar-refractivity contribution in [2.45, 2.75) is 0 Å². The average Bonchev–Trinajstić information content (AvgIpc) is 3.10. The Balaban J connectivity index is 1.96. The van der Waals surface area contributed by atoms with E-state index in [-0.39, 0.29) is 0 Å². The third kappa shape index (κ3) is 1.58. The lowest BCUT2D eigenvalue weighted by Crippen LogP contribution is -1.76. The summed E-state index contributed by atoms with van der Waals surface area (Å²) in [6, 6.07) is 12.1. The molecule has 4 rings (SSSR count). The standard InChI is InChI=1S/C14H7N3S2/c15-7-8-2-1-3-9-13(8)17-14(16-9)12-6-11-10(19-12)4-5-18-11/h1-6H,(H,16,17). The molecule has 0 fully saturated rings. The van der Waals surface area contributed by atoms with E-state index in [0.717, 1.165) is 21.7 Å². The Labute approximate surface area is 116 Å². The van der Waals surface area contributed by atoms with Crippen LogP contribution in [0.2, 0.25) is 0 Å². The Bertz CT molecular complexity index is 908. The van der Waals surface area contributed by atoms with Crippen LogP contribution in [0.15, 0.2) is 35.7 Å². The van der Waals surface area contributed by atoms with E-state index in [4.69, 9.17) is 5.26 Å². The van der Waals surface area contributed by atoms with Gasteiger partial charge in [0, 0.05) is 9.40 Å². The van der Waals surface area contributed by atoms with Gasteiger partial charge in [0.15, 0.2) is 0 Å². The molecule has 0 amide bonds. The van der Waals surface area contributed by atoms with Gasteiger partial charge in [0.05, 0.1) is 16.0 Å². The molecular formula is C14H7N3S2. The van der Waals surface area contributed by atoms with Crippen LogP contribution < -0.4 is 0 Å². The number of thiophene rings is 2. The lowest BCUT2D eigenvalue weighted by molar-refractivity contribution is 1.36. The van der Waals surface area contributed by atoms with Crippen molar-refractivity contribution in [1.29, 1.82) is 5.26 Å². The summed E-state index contributed by atoms with van der Waals surface area (Å²) in [7, 11) is 0. The number of benzene rings is 1. The number of aromatic nitrogens is 2. The van der Waals surface area contributed by atoms with Gasteiger partial charge in [-0.25, -0.2) is 4.98 Å². The molecule has 3 nitrogen and oxygen atoms in total. The summed E-state index contributed by atoms with van der Waals surface area (Å²) in [5.41, 5.74) is 2.26. The van der Waals surface area contributed by atoms with Crippen molar-refractivity contribution in [3.05, 3.63) is 41.3 Å². The Morgan fingerprint density at radius 2 is 2.16 bits per heavy atom. The zero-order chi connectivity index (χ0) is 12.8. The van der Waals surface area contributed by atoms with Crippen LogP contribution in [0.25, 0.3) is 31.1 Å². The third-order valence-electron chi connectivity index (χ3n) is 3.01. The normalized spacial score (nSPS) is 11.1. The van der Waals surface area contributed by atoms with Gasteiger partial charge in [-0.1, -0.05) is 6.07 Å². The first kappa shape index (κ1) is 10.7. The van der Waals surface area contributed by atoms with Gasteiger partial charge in [-0.2, -0.15) is 5.26 Å². The van der Waals surface area contributed by atoms with E-state index in [1.165, 1.54) is 9.40 Å². The molecule has 0 saturated carbocycles. The van der Waals surface area contributed by atoms with Crippen LogP contribution in [0.4, 0.5) is 0 Å². The predicted octanol–water partition coefficient (Wildman–Crippen LogP) is 4.38. The van der Waals surface area contributed by atoms with Crippen molar-refractivity contribution in [3.63, 3.8) is 0 Å². The van der Waals surface area contributed by atoms with Gasteiger partial charge in [-0.15, -0.1) is 22.7 Å². The van der Waals surface area contributed by atoms with Gasteiger partial charge in [0.25, 0.3) is 0 Å². The maximum atomic E-state index is 9.10. The van der Waals surface area contributed by atoms with Crippen LogP contribution >= 0.6 is 22.7 Å². The number of para-hydroxylation sites is 1. The Hall–Kier alpha value is -2.16. The van der Waals surface area contributed by atoms with Gasteiger partial charge < -0.3 is 4.98 Å². The minimum absolute atomic E-state index is 0.610. The maximum absolute atomic E-state index is 9.10. The van der Waals surface area contributed by atoms with Crippen LogP contribution in [0.1, 0.15) is 5.56 Å². The molecule has 0 atom stereocenters. The summed E-state index contributed by atoms with van der Waals surface area (Å²) < 4.78 is 2.56. The molecule has 0 saturated heterocycles. The highest BCUT2D eigenvalue weighted by Gasteiger charge is 2.11. The van der Waals surface area contributed by atoms with Crippen molar-refractivity contribution in [2.75, 3.05) is 0 Å². The van der Waals surface area contributed by atoms with Crippen molar-refractivity contribution < 1.29 is 0 Å². The summed E-state index contributed by atoms with van der Waals surface area (Å²) in [6.07, 6.45) is 0. The second-order valence-corrected chi connectivity index (χ2v) is 6.19. The molecule has 0 bridgehead atoms. The van der Waals surface area contributed by atoms with Crippen molar-refractivity contribution >= 4 is 43.1 Å². The molecule has 0 spiro atoms. The minimum atomic E-state index is 0.610. The fraction of sp³-hybridized carbons (Fsp3) is 0. The molecule has 3 aromatic heterocycles. The van der Waals surface area contributed by atoms with E-state index in [1.54, 1.807) is 28.7 Å². The number of H-pyrrole nitrogens is 1. The molecule has 4 aromatic rings. The molecule has 3 heterocycles. The van der Waals surface area contributed by atoms with Crippen LogP contribution in [0.3, 0.4) is 0 Å². The van der Waals surface area contributed by atoms with E-state index < -0.39 is 0 Å². The number of aromatic amines is 1. The Morgan fingerprint density at radius 1 is 1.21 bits per heavy atom. The summed E-state index contributed by atoms with van der Waals surface area (Å²) in [6.45, 7) is 0. The van der Waals surface area contributed by atoms with E-state index in [1.807, 2.05) is 12.1 Å². The lowest BCUT2D eigenvalue weighted by Gasteiger charge is -1.88. The first-order valence-corrected chi connectivity index (χ1v) is 7.41. The zero-order valence-corrected chi connectivity index (χ0v) is 11.3. The lowest BCUT2D eigenvalue weighted by atomic mass is 10.2. The molecule has 90 valence electrons. The van der Waals surface area contributed by atoms with Crippen molar-refractivity contribution in [2.24, 2.45) is 0 Å². The smallest absolute Gasteiger partial charge is 0.148 e. The van der Waals surface area contributed by atoms with E-state index in [0.29, 0.717) is 5.56 Å². The highest BCUT2D eigenvalue weighted by molar-refractivity contribution is 7.28. The fourth-order valence-corrected chi connectivity index (χ4v) is 4.18. The highest BCUT2D eigenvalue weighted by Crippen LogP contribution is 2.35. The van der Waals surface area contributed by atoms with E-state index in [9.17, 15) is 0 Å². The van der Waals surface area contributed by atoms with Gasteiger partial charge in [-0.05, 0) is 29.6 Å². The molecule has 0 aliphatic rings. The maximum Gasteiger partial charge on any atom is 0.148 e. The van der Waals surface area contributed by atoms with Gasteiger partial charge in [0.1, 0.15) is 17.4 Å². The third-order valence-corrected chi connectivity index (χ3v) is 5.11. The summed E-state index contributed by atoms with van der Waals surface area (Å²) >= 11 is 3.45. The molecule has 1 N–H and O–H groups in total. The first-order chi connectivity index (χ1) is 9.35. The van der Waals surface area contributed by atoms with E-state index in [2.05, 4.69) is 33.5 Å². The number of rotatable bonds is 1. The monoisotopic (exact) mass is 281 g/mol. The molecule has 5 heteroatoms. The van der Waals surface area contributed by atoms with Gasteiger partial charge >= 0.3 is 0 Å². The number of nitrogens with zero attached hydrogens (tertiary/aromatic N) is 2. The van der Waals surface area contributed by atoms with Crippen LogP contribution in [0.5, 0.6) is 0 Å². The number of nitrogens with one attached hydrogen (secondary N) is 1. The van der Waals surface area contributed by atoms with E-state index >= 15 is 0 Å². The van der Waals surface area contributed by atoms with Crippen LogP contribution in [-0.2, 0) is 0 Å². The highest BCUT2D eigenvalue weighted by atomic mass is 32.1. The number of imidazole rings is 1. The van der Waals surface area contributed by atoms with Crippen molar-refractivity contribution in [3.8, 4) is 16.8 Å². The molecular weight excluding hydrogens is 274 g/mol. The van der Waals surface area contributed by atoms with Gasteiger partial charge in [-0.3, -0.25) is 0 Å². The summed E-state index contributed by atoms with van der Waals surface area (Å²) in [5, 5.41) is 11.2. The SMILES string of the molecule is N#Cc1cccc2[nH]c(-c3cc4sccc4s3)nc12. The number of fused-ring (bicyclic) bond motifs is 2. The topological polar surface area (TPSA) is 52.5 Å². The second kappa shape index (κ2) is 3.92. The molecule has 19 heavy (non-hydrogen) atoms. The Kier molecular flexibility index (Phi) is 2.21. The first-order valence-electron chi connectivity index (χ1n) is 5.71. The van der Waals surface area contributed by atoms with Crippen molar-refractivity contribution in [1.82, 2.24) is 9.97 Å². The van der Waals surface area contributed by atoms with Crippen LogP contribution in [0, 0.1) is 11.3 Å². The number of hydrogen-bond acceptors (Lipinski definition) is 4. The second-order valence-electron chi connectivity index (χ2n) is 4.16. The average molecular weight is 281 g/mol. The molecule has 0 aliphatic carbocycles. The summed E-state index contributed by atoms with van der Waals surface area (Å²) in [4.78, 5) is 8.97. The molecule has 1 aromatic carbocycles. The molecule has 0 radical (unpaired) electrons. The van der Waals surface area contributed by atoms with Crippen LogP contribution in [-0.4, -0.2) is 9.97 Å². The summed E-state index contributed by atoms with van der Waals surface area (Å²) in [5.74, 6) is 0.839. The fourth-order valence-electron chi connectivity index (χ4n) is 2.12. The largest absolute Gasteiger partial charge is 0.337 e. The quantitative estimate of drug-likeness (QED) is 0.563. The number of nitriles is 1. The predicted molar refractivity (Wildman–Crippen MR) is 79.5 cm³/mol. The van der Waals surface area contributed by atoms with Gasteiger partial charge in [0.2, 0.25) is 0 Å². The number of hydrogen-bond donors (Lipinski definition) is 1. The Morgan fingerprint density at radius 3 is 3.00 bits per heavy atom. The molecule has 0 aliphatic heterocycles.